The van der Waals surface area contributed by atoms with Gasteiger partial charge in [0.25, 0.3) is 0 Å². The van der Waals surface area contributed by atoms with Crippen molar-refractivity contribution < 1.29 is 0 Å². The van der Waals surface area contributed by atoms with Crippen LogP contribution in [0.2, 0.25) is 0 Å². The van der Waals surface area contributed by atoms with Crippen LogP contribution in [0.15, 0.2) is 96.2 Å². The quantitative estimate of drug-likeness (QED) is 0.171. The SMILES string of the molecule is C=C(C)/C=C\C=C/C.C=C(CC)CCC(=C/C)/C(=C/C=C\CC)C(=C)C.CC.CCCCN1CCCCC1. The molecule has 218 valence electrons. The second-order valence-corrected chi connectivity index (χ2v) is 9.60. The molecular weight excluding hydrogens is 458 g/mol. The summed E-state index contributed by atoms with van der Waals surface area (Å²) in [7, 11) is 0. The van der Waals surface area contributed by atoms with Crippen LogP contribution in [0.1, 0.15) is 120 Å². The van der Waals surface area contributed by atoms with Crippen molar-refractivity contribution in [3.8, 4) is 0 Å². The molecule has 1 saturated heterocycles. The predicted molar refractivity (Wildman–Crippen MR) is 180 cm³/mol. The molecule has 1 aliphatic rings. The summed E-state index contributed by atoms with van der Waals surface area (Å²) in [6.07, 6.45) is 27.9. The molecule has 0 aromatic heterocycles. The zero-order chi connectivity index (χ0) is 29.6. The summed E-state index contributed by atoms with van der Waals surface area (Å²) in [6.45, 7) is 34.6. The molecule has 0 bridgehead atoms. The lowest BCUT2D eigenvalue weighted by Crippen LogP contribution is -2.30. The second kappa shape index (κ2) is 31.1. The highest BCUT2D eigenvalue weighted by Gasteiger charge is 2.08. The molecule has 0 amide bonds. The molecule has 1 heterocycles. The molecule has 0 spiro atoms. The van der Waals surface area contributed by atoms with E-state index in [0.29, 0.717) is 0 Å². The molecule has 0 atom stereocenters. The van der Waals surface area contributed by atoms with Crippen LogP contribution in [0.3, 0.4) is 0 Å². The Morgan fingerprint density at radius 3 is 1.92 bits per heavy atom. The van der Waals surface area contributed by atoms with Crippen LogP contribution >= 0.6 is 0 Å². The van der Waals surface area contributed by atoms with Gasteiger partial charge < -0.3 is 4.90 Å². The highest BCUT2D eigenvalue weighted by atomic mass is 15.1. The predicted octanol–water partition coefficient (Wildman–Crippen LogP) is 12.1. The molecule has 0 N–H and O–H groups in total. The third-order valence-electron chi connectivity index (χ3n) is 6.00. The number of hydrogen-bond donors (Lipinski definition) is 0. The van der Waals surface area contributed by atoms with Crippen LogP contribution in [0, 0.1) is 0 Å². The zero-order valence-electron chi connectivity index (χ0n) is 27.2. The average molecular weight is 524 g/mol. The first kappa shape index (κ1) is 40.4. The monoisotopic (exact) mass is 524 g/mol. The Labute approximate surface area is 240 Å². The minimum Gasteiger partial charge on any atom is -0.303 e. The summed E-state index contributed by atoms with van der Waals surface area (Å²) in [5, 5.41) is 0. The van der Waals surface area contributed by atoms with Gasteiger partial charge in [-0.15, -0.1) is 0 Å². The number of rotatable bonds is 13. The van der Waals surface area contributed by atoms with Crippen molar-refractivity contribution >= 4 is 0 Å². The Balaban J connectivity index is -0.000000514. The van der Waals surface area contributed by atoms with Crippen molar-refractivity contribution in [3.05, 3.63) is 96.2 Å². The van der Waals surface area contributed by atoms with Gasteiger partial charge >= 0.3 is 0 Å². The van der Waals surface area contributed by atoms with Gasteiger partial charge in [-0.2, -0.15) is 0 Å². The van der Waals surface area contributed by atoms with E-state index in [9.17, 15) is 0 Å². The Morgan fingerprint density at radius 2 is 1.47 bits per heavy atom. The van der Waals surface area contributed by atoms with Crippen LogP contribution in [-0.2, 0) is 0 Å². The lowest BCUT2D eigenvalue weighted by Gasteiger charge is -2.25. The van der Waals surface area contributed by atoms with E-state index in [2.05, 4.69) is 83.6 Å². The first-order valence-electron chi connectivity index (χ1n) is 15.3. The van der Waals surface area contributed by atoms with E-state index in [0.717, 1.165) is 36.8 Å². The van der Waals surface area contributed by atoms with E-state index in [1.165, 1.54) is 68.5 Å². The molecule has 0 aromatic rings. The fourth-order valence-electron chi connectivity index (χ4n) is 3.64. The lowest BCUT2D eigenvalue weighted by atomic mass is 9.93. The maximum Gasteiger partial charge on any atom is -0.00187 e. The van der Waals surface area contributed by atoms with Crippen LogP contribution in [0.5, 0.6) is 0 Å². The molecule has 1 aliphatic heterocycles. The van der Waals surface area contributed by atoms with Gasteiger partial charge in [0.05, 0.1) is 0 Å². The summed E-state index contributed by atoms with van der Waals surface area (Å²) in [5.74, 6) is 0. The smallest absolute Gasteiger partial charge is 0.00187 e. The Morgan fingerprint density at radius 1 is 0.842 bits per heavy atom. The molecule has 0 unspecified atom stereocenters. The molecule has 1 nitrogen and oxygen atoms in total. The third-order valence-corrected chi connectivity index (χ3v) is 6.00. The van der Waals surface area contributed by atoms with Gasteiger partial charge in [0.2, 0.25) is 0 Å². The normalized spacial score (nSPS) is 14.3. The summed E-state index contributed by atoms with van der Waals surface area (Å²) >= 11 is 0. The van der Waals surface area contributed by atoms with Gasteiger partial charge in [-0.3, -0.25) is 0 Å². The standard InChI is InChI=1S/C18H28.C9H19N.C8H12.C2H6/c1-7-10-11-12-18(15(4)5)17(9-3)14-13-16(6)8-2;1-2-3-7-10-8-5-4-6-9-10;1-4-5-6-7-8(2)3;1-2/h9-12H,4,6-8,13-14H2,1-3,5H3;2-9H2,1H3;4-7H,2H2,1,3H3;1-2H3/b11-10-,17-9-,18-12+;;5-4-,7-6-;. The molecule has 1 heteroatoms. The second-order valence-electron chi connectivity index (χ2n) is 9.60. The summed E-state index contributed by atoms with van der Waals surface area (Å²) in [6, 6.07) is 0. The van der Waals surface area contributed by atoms with Gasteiger partial charge in [0.15, 0.2) is 0 Å². The van der Waals surface area contributed by atoms with E-state index < -0.39 is 0 Å². The van der Waals surface area contributed by atoms with Crippen molar-refractivity contribution in [2.45, 2.75) is 120 Å². The van der Waals surface area contributed by atoms with Gasteiger partial charge in [-0.05, 0) is 103 Å². The summed E-state index contributed by atoms with van der Waals surface area (Å²) in [5.41, 5.74) is 6.18. The van der Waals surface area contributed by atoms with Gasteiger partial charge in [-0.25, -0.2) is 0 Å². The number of unbranched alkanes of at least 4 members (excludes halogenated alkanes) is 1. The van der Waals surface area contributed by atoms with Crippen LogP contribution < -0.4 is 0 Å². The first-order chi connectivity index (χ1) is 18.3. The molecule has 0 radical (unpaired) electrons. The molecular formula is C37H65N. The van der Waals surface area contributed by atoms with Crippen LogP contribution in [0.4, 0.5) is 0 Å². The fraction of sp³-hybridized carbons (Fsp3) is 0.568. The summed E-state index contributed by atoms with van der Waals surface area (Å²) < 4.78 is 0. The largest absolute Gasteiger partial charge is 0.303 e. The first-order valence-corrected chi connectivity index (χ1v) is 15.3. The maximum atomic E-state index is 4.08. The lowest BCUT2D eigenvalue weighted by molar-refractivity contribution is 0.226. The van der Waals surface area contributed by atoms with Crippen LogP contribution in [-0.4, -0.2) is 24.5 Å². The molecule has 38 heavy (non-hydrogen) atoms. The van der Waals surface area contributed by atoms with Crippen LogP contribution in [0.25, 0.3) is 0 Å². The number of nitrogens with zero attached hydrogens (tertiary/aromatic N) is 1. The van der Waals surface area contributed by atoms with Gasteiger partial charge in [0, 0.05) is 0 Å². The van der Waals surface area contributed by atoms with E-state index in [4.69, 9.17) is 0 Å². The average Bonchev–Trinajstić information content (AvgIpc) is 2.93. The van der Waals surface area contributed by atoms with E-state index in [1.807, 2.05) is 52.0 Å². The molecule has 0 aliphatic carbocycles. The van der Waals surface area contributed by atoms with Crippen molar-refractivity contribution in [1.29, 1.82) is 0 Å². The molecule has 1 rings (SSSR count). The zero-order valence-corrected chi connectivity index (χ0v) is 27.2. The highest BCUT2D eigenvalue weighted by molar-refractivity contribution is 5.46. The number of piperidine rings is 1. The van der Waals surface area contributed by atoms with Gasteiger partial charge in [-0.1, -0.05) is 133 Å². The minimum absolute atomic E-state index is 1.06. The van der Waals surface area contributed by atoms with Crippen molar-refractivity contribution in [2.75, 3.05) is 19.6 Å². The molecule has 0 aromatic carbocycles. The number of hydrogen-bond acceptors (Lipinski definition) is 1. The van der Waals surface area contributed by atoms with Crippen molar-refractivity contribution in [1.82, 2.24) is 4.90 Å². The van der Waals surface area contributed by atoms with Gasteiger partial charge in [0.1, 0.15) is 0 Å². The minimum atomic E-state index is 1.06. The Hall–Kier alpha value is -2.12. The van der Waals surface area contributed by atoms with Crippen molar-refractivity contribution in [3.63, 3.8) is 0 Å². The number of allylic oxidation sites excluding steroid dienone is 13. The Kier molecular flexibility index (Phi) is 33.0. The topological polar surface area (TPSA) is 3.24 Å². The summed E-state index contributed by atoms with van der Waals surface area (Å²) in [4.78, 5) is 2.60. The number of likely N-dealkylation sites (tertiary alicyclic amines) is 1. The highest BCUT2D eigenvalue weighted by Crippen LogP contribution is 2.24. The fourth-order valence-corrected chi connectivity index (χ4v) is 3.64. The van der Waals surface area contributed by atoms with Crippen molar-refractivity contribution in [2.24, 2.45) is 0 Å². The van der Waals surface area contributed by atoms with E-state index >= 15 is 0 Å². The maximum absolute atomic E-state index is 4.08. The molecule has 1 fully saturated rings. The Bertz CT molecular complexity index is 733. The third kappa shape index (κ3) is 26.9. The van der Waals surface area contributed by atoms with E-state index in [-0.39, 0.29) is 0 Å². The van der Waals surface area contributed by atoms with E-state index in [1.54, 1.807) is 0 Å². The molecule has 0 saturated carbocycles.